The highest BCUT2D eigenvalue weighted by Gasteiger charge is 2.20. The second-order valence-electron chi connectivity index (χ2n) is 7.03. The SMILES string of the molecule is CCCOCCOC1CCc2cc([C@H](CN)CCCCO)ccc2C1. The Labute approximate surface area is 152 Å². The van der Waals surface area contributed by atoms with Gasteiger partial charge in [-0.2, -0.15) is 0 Å². The fraction of sp³-hybridized carbons (Fsp3) is 0.714. The lowest BCUT2D eigenvalue weighted by atomic mass is 9.85. The van der Waals surface area contributed by atoms with Gasteiger partial charge in [0, 0.05) is 13.2 Å². The summed E-state index contributed by atoms with van der Waals surface area (Å²) >= 11 is 0. The van der Waals surface area contributed by atoms with E-state index in [1.54, 1.807) is 0 Å². The third-order valence-corrected chi connectivity index (χ3v) is 5.06. The minimum atomic E-state index is 0.270. The predicted octanol–water partition coefficient (Wildman–Crippen LogP) is 3.19. The van der Waals surface area contributed by atoms with Gasteiger partial charge in [0.05, 0.1) is 19.3 Å². The Morgan fingerprint density at radius 1 is 1.20 bits per heavy atom. The smallest absolute Gasteiger partial charge is 0.0704 e. The minimum Gasteiger partial charge on any atom is -0.396 e. The highest BCUT2D eigenvalue weighted by atomic mass is 16.5. The van der Waals surface area contributed by atoms with Crippen molar-refractivity contribution < 1.29 is 14.6 Å². The average Bonchev–Trinajstić information content (AvgIpc) is 2.65. The van der Waals surface area contributed by atoms with E-state index in [1.807, 2.05) is 0 Å². The van der Waals surface area contributed by atoms with Gasteiger partial charge in [0.15, 0.2) is 0 Å². The Morgan fingerprint density at radius 3 is 2.84 bits per heavy atom. The van der Waals surface area contributed by atoms with E-state index in [0.29, 0.717) is 31.8 Å². The Kier molecular flexibility index (Phi) is 9.48. The molecule has 0 heterocycles. The third kappa shape index (κ3) is 6.70. The normalized spacial score (nSPS) is 18.1. The van der Waals surface area contributed by atoms with Crippen LogP contribution in [-0.4, -0.2) is 44.2 Å². The summed E-state index contributed by atoms with van der Waals surface area (Å²) in [6, 6.07) is 6.86. The van der Waals surface area contributed by atoms with Crippen molar-refractivity contribution in [1.82, 2.24) is 0 Å². The first kappa shape index (κ1) is 20.4. The maximum Gasteiger partial charge on any atom is 0.0704 e. The van der Waals surface area contributed by atoms with Gasteiger partial charge in [-0.25, -0.2) is 0 Å². The van der Waals surface area contributed by atoms with E-state index < -0.39 is 0 Å². The van der Waals surface area contributed by atoms with E-state index >= 15 is 0 Å². The molecule has 142 valence electrons. The lowest BCUT2D eigenvalue weighted by molar-refractivity contribution is -0.000303. The van der Waals surface area contributed by atoms with Gasteiger partial charge in [0.25, 0.3) is 0 Å². The number of aryl methyl sites for hydroxylation is 1. The number of aliphatic hydroxyl groups is 1. The lowest BCUT2D eigenvalue weighted by Crippen LogP contribution is -2.24. The topological polar surface area (TPSA) is 64.7 Å². The molecular formula is C21H35NO3. The first-order valence-electron chi connectivity index (χ1n) is 9.90. The van der Waals surface area contributed by atoms with E-state index in [1.165, 1.54) is 16.7 Å². The highest BCUT2D eigenvalue weighted by molar-refractivity contribution is 5.36. The first-order chi connectivity index (χ1) is 12.3. The molecule has 2 rings (SSSR count). The Morgan fingerprint density at radius 2 is 2.08 bits per heavy atom. The van der Waals surface area contributed by atoms with Crippen molar-refractivity contribution in [1.29, 1.82) is 0 Å². The molecule has 0 saturated heterocycles. The van der Waals surface area contributed by atoms with Gasteiger partial charge in [0.1, 0.15) is 0 Å². The molecule has 2 atom stereocenters. The van der Waals surface area contributed by atoms with Crippen molar-refractivity contribution in [2.75, 3.05) is 33.0 Å². The van der Waals surface area contributed by atoms with Crippen LogP contribution in [0.4, 0.5) is 0 Å². The fourth-order valence-corrected chi connectivity index (χ4v) is 3.58. The summed E-state index contributed by atoms with van der Waals surface area (Å²) < 4.78 is 11.5. The maximum absolute atomic E-state index is 8.96. The van der Waals surface area contributed by atoms with Crippen LogP contribution in [0.2, 0.25) is 0 Å². The van der Waals surface area contributed by atoms with E-state index in [9.17, 15) is 0 Å². The molecule has 0 aliphatic heterocycles. The second-order valence-corrected chi connectivity index (χ2v) is 7.03. The molecule has 0 spiro atoms. The van der Waals surface area contributed by atoms with Crippen LogP contribution in [-0.2, 0) is 22.3 Å². The largest absolute Gasteiger partial charge is 0.396 e. The van der Waals surface area contributed by atoms with Crippen molar-refractivity contribution in [2.45, 2.75) is 63.9 Å². The molecule has 0 radical (unpaired) electrons. The van der Waals surface area contributed by atoms with Crippen LogP contribution in [0.15, 0.2) is 18.2 Å². The lowest BCUT2D eigenvalue weighted by Gasteiger charge is -2.26. The summed E-state index contributed by atoms with van der Waals surface area (Å²) in [4.78, 5) is 0. The van der Waals surface area contributed by atoms with Crippen LogP contribution in [0.5, 0.6) is 0 Å². The quantitative estimate of drug-likeness (QED) is 0.569. The Balaban J connectivity index is 1.85. The molecule has 0 bridgehead atoms. The Hall–Kier alpha value is -0.940. The zero-order valence-electron chi connectivity index (χ0n) is 15.7. The minimum absolute atomic E-state index is 0.270. The number of benzene rings is 1. The summed E-state index contributed by atoms with van der Waals surface area (Å²) in [5.74, 6) is 0.404. The summed E-state index contributed by atoms with van der Waals surface area (Å²) in [6.45, 7) is 5.27. The van der Waals surface area contributed by atoms with Crippen LogP contribution in [0.25, 0.3) is 0 Å². The average molecular weight is 350 g/mol. The van der Waals surface area contributed by atoms with E-state index in [2.05, 4.69) is 25.1 Å². The van der Waals surface area contributed by atoms with Gasteiger partial charge in [0.2, 0.25) is 0 Å². The molecule has 4 heteroatoms. The standard InChI is InChI=1S/C21H35NO3/c1-2-11-24-12-13-25-21-9-8-17-14-18(6-7-19(17)15-21)20(16-22)5-3-4-10-23/h6-7,14,20-21,23H,2-5,8-13,15-16,22H2,1H3/t20-,21?/m0/s1. The predicted molar refractivity (Wildman–Crippen MR) is 102 cm³/mol. The number of aliphatic hydroxyl groups excluding tert-OH is 1. The van der Waals surface area contributed by atoms with E-state index in [0.717, 1.165) is 51.6 Å². The van der Waals surface area contributed by atoms with Crippen molar-refractivity contribution >= 4 is 0 Å². The van der Waals surface area contributed by atoms with Gasteiger partial charge < -0.3 is 20.3 Å². The van der Waals surface area contributed by atoms with Crippen molar-refractivity contribution in [3.05, 3.63) is 34.9 Å². The van der Waals surface area contributed by atoms with Gasteiger partial charge in [-0.3, -0.25) is 0 Å². The number of hydrogen-bond acceptors (Lipinski definition) is 4. The molecule has 4 nitrogen and oxygen atoms in total. The number of unbranched alkanes of at least 4 members (excludes halogenated alkanes) is 1. The van der Waals surface area contributed by atoms with Crippen LogP contribution in [0.3, 0.4) is 0 Å². The van der Waals surface area contributed by atoms with E-state index in [4.69, 9.17) is 20.3 Å². The summed E-state index contributed by atoms with van der Waals surface area (Å²) in [6.07, 6.45) is 7.50. The molecule has 25 heavy (non-hydrogen) atoms. The molecule has 1 unspecified atom stereocenters. The molecule has 0 saturated carbocycles. The van der Waals surface area contributed by atoms with Crippen LogP contribution >= 0.6 is 0 Å². The van der Waals surface area contributed by atoms with Crippen molar-refractivity contribution in [3.8, 4) is 0 Å². The zero-order valence-corrected chi connectivity index (χ0v) is 15.7. The molecule has 1 aromatic carbocycles. The van der Waals surface area contributed by atoms with Crippen LogP contribution in [0.1, 0.15) is 61.6 Å². The molecule has 0 fully saturated rings. The molecule has 1 aliphatic rings. The number of fused-ring (bicyclic) bond motifs is 1. The number of nitrogens with two attached hydrogens (primary N) is 1. The summed E-state index contributed by atoms with van der Waals surface area (Å²) in [5, 5.41) is 8.96. The van der Waals surface area contributed by atoms with Gasteiger partial charge >= 0.3 is 0 Å². The molecular weight excluding hydrogens is 314 g/mol. The number of rotatable bonds is 12. The highest BCUT2D eigenvalue weighted by Crippen LogP contribution is 2.28. The molecule has 0 amide bonds. The second kappa shape index (κ2) is 11.6. The van der Waals surface area contributed by atoms with Gasteiger partial charge in [-0.1, -0.05) is 31.5 Å². The first-order valence-corrected chi connectivity index (χ1v) is 9.90. The van der Waals surface area contributed by atoms with Gasteiger partial charge in [-0.15, -0.1) is 0 Å². The molecule has 1 aromatic rings. The van der Waals surface area contributed by atoms with E-state index in [-0.39, 0.29) is 6.61 Å². The zero-order chi connectivity index (χ0) is 17.9. The number of ether oxygens (including phenoxy) is 2. The van der Waals surface area contributed by atoms with Gasteiger partial charge in [-0.05, 0) is 67.7 Å². The number of hydrogen-bond donors (Lipinski definition) is 2. The monoisotopic (exact) mass is 349 g/mol. The molecule has 0 aromatic heterocycles. The fourth-order valence-electron chi connectivity index (χ4n) is 3.58. The van der Waals surface area contributed by atoms with Crippen molar-refractivity contribution in [2.24, 2.45) is 5.73 Å². The Bertz CT molecular complexity index is 492. The van der Waals surface area contributed by atoms with Crippen LogP contribution < -0.4 is 5.73 Å². The maximum atomic E-state index is 8.96. The summed E-state index contributed by atoms with van der Waals surface area (Å²) in [5.41, 5.74) is 10.2. The molecule has 3 N–H and O–H groups in total. The molecule has 1 aliphatic carbocycles. The van der Waals surface area contributed by atoms with Crippen molar-refractivity contribution in [3.63, 3.8) is 0 Å². The third-order valence-electron chi connectivity index (χ3n) is 5.06. The van der Waals surface area contributed by atoms with Crippen LogP contribution in [0, 0.1) is 0 Å². The summed E-state index contributed by atoms with van der Waals surface area (Å²) in [7, 11) is 0.